The van der Waals surface area contributed by atoms with Crippen LogP contribution in [0.4, 0.5) is 13.2 Å². The van der Waals surface area contributed by atoms with Gasteiger partial charge in [-0.3, -0.25) is 0 Å². The predicted octanol–water partition coefficient (Wildman–Crippen LogP) is 3.92. The smallest absolute Gasteiger partial charge is 0.309 e. The van der Waals surface area contributed by atoms with Crippen molar-refractivity contribution < 1.29 is 13.2 Å². The van der Waals surface area contributed by atoms with Gasteiger partial charge in [0.2, 0.25) is 0 Å². The van der Waals surface area contributed by atoms with Gasteiger partial charge in [0.25, 0.3) is 0 Å². The first kappa shape index (κ1) is 18.0. The molecule has 0 saturated heterocycles. The lowest BCUT2D eigenvalue weighted by atomic mass is 10.0. The van der Waals surface area contributed by atoms with E-state index in [9.17, 15) is 13.2 Å². The first-order valence-corrected chi connectivity index (χ1v) is 7.37. The van der Waals surface area contributed by atoms with Gasteiger partial charge in [0.05, 0.1) is 6.42 Å². The normalized spacial score (nSPS) is 13.7. The Kier molecular flexibility index (Phi) is 7.18. The van der Waals surface area contributed by atoms with Gasteiger partial charge in [-0.25, -0.2) is 0 Å². The highest BCUT2D eigenvalue weighted by Gasteiger charge is 2.27. The molecule has 0 bridgehead atoms. The fourth-order valence-corrected chi connectivity index (χ4v) is 2.29. The minimum Gasteiger partial charge on any atom is -0.309 e. The highest BCUT2D eigenvalue weighted by molar-refractivity contribution is 5.29. The average molecular weight is 302 g/mol. The molecule has 1 aromatic rings. The van der Waals surface area contributed by atoms with Gasteiger partial charge >= 0.3 is 6.18 Å². The summed E-state index contributed by atoms with van der Waals surface area (Å²) in [6.45, 7) is 5.56. The van der Waals surface area contributed by atoms with E-state index in [1.807, 2.05) is 31.2 Å². The maximum absolute atomic E-state index is 12.3. The van der Waals surface area contributed by atoms with Crippen LogP contribution in [-0.2, 0) is 0 Å². The van der Waals surface area contributed by atoms with Gasteiger partial charge in [-0.2, -0.15) is 13.2 Å². The van der Waals surface area contributed by atoms with Crippen LogP contribution in [0.3, 0.4) is 0 Å². The summed E-state index contributed by atoms with van der Waals surface area (Å²) in [5.74, 6) is 0. The second-order valence-electron chi connectivity index (χ2n) is 5.49. The molecule has 2 nitrogen and oxygen atoms in total. The van der Waals surface area contributed by atoms with Crippen LogP contribution in [0, 0.1) is 6.92 Å². The van der Waals surface area contributed by atoms with Crippen LogP contribution in [0.15, 0.2) is 24.3 Å². The summed E-state index contributed by atoms with van der Waals surface area (Å²) < 4.78 is 36.9. The Bertz CT molecular complexity index is 418. The van der Waals surface area contributed by atoms with Crippen LogP contribution in [-0.4, -0.2) is 37.8 Å². The van der Waals surface area contributed by atoms with Crippen LogP contribution in [0.5, 0.6) is 0 Å². The summed E-state index contributed by atoms with van der Waals surface area (Å²) in [5, 5.41) is 3.43. The van der Waals surface area contributed by atoms with Crippen LogP contribution < -0.4 is 5.32 Å². The molecule has 21 heavy (non-hydrogen) atoms. The van der Waals surface area contributed by atoms with E-state index in [4.69, 9.17) is 0 Å². The molecule has 1 atom stereocenters. The minimum absolute atomic E-state index is 0.0275. The maximum Gasteiger partial charge on any atom is 0.390 e. The Hall–Kier alpha value is -1.07. The molecule has 0 aliphatic heterocycles. The van der Waals surface area contributed by atoms with Gasteiger partial charge in [-0.1, -0.05) is 31.2 Å². The van der Waals surface area contributed by atoms with Crippen molar-refractivity contribution in [2.45, 2.75) is 38.9 Å². The SMILES string of the molecule is CCCNC(CN(C)CCC(F)(F)F)c1ccccc1C. The topological polar surface area (TPSA) is 15.3 Å². The zero-order valence-corrected chi connectivity index (χ0v) is 13.0. The summed E-state index contributed by atoms with van der Waals surface area (Å²) in [6.07, 6.45) is -3.87. The molecule has 0 aliphatic rings. The Morgan fingerprint density at radius 1 is 1.24 bits per heavy atom. The molecule has 1 rings (SSSR count). The molecular formula is C16H25F3N2. The number of halogens is 3. The predicted molar refractivity (Wildman–Crippen MR) is 80.4 cm³/mol. The van der Waals surface area contributed by atoms with Gasteiger partial charge in [0.15, 0.2) is 0 Å². The number of nitrogens with one attached hydrogen (secondary N) is 1. The summed E-state index contributed by atoms with van der Waals surface area (Å²) in [7, 11) is 1.74. The van der Waals surface area contributed by atoms with Crippen molar-refractivity contribution >= 4 is 0 Å². The van der Waals surface area contributed by atoms with Crippen LogP contribution in [0.2, 0.25) is 0 Å². The van der Waals surface area contributed by atoms with E-state index in [1.165, 1.54) is 0 Å². The molecule has 1 aromatic carbocycles. The quantitative estimate of drug-likeness (QED) is 0.783. The molecule has 0 aliphatic carbocycles. The van der Waals surface area contributed by atoms with Gasteiger partial charge in [-0.05, 0) is 38.1 Å². The number of likely N-dealkylation sites (N-methyl/N-ethyl adjacent to an activating group) is 1. The van der Waals surface area contributed by atoms with E-state index >= 15 is 0 Å². The lowest BCUT2D eigenvalue weighted by Crippen LogP contribution is -2.35. The molecule has 0 aromatic heterocycles. The molecular weight excluding hydrogens is 277 g/mol. The van der Waals surface area contributed by atoms with Crippen molar-refractivity contribution in [2.75, 3.05) is 26.7 Å². The Morgan fingerprint density at radius 3 is 2.48 bits per heavy atom. The molecule has 0 heterocycles. The van der Waals surface area contributed by atoms with Gasteiger partial charge in [0.1, 0.15) is 0 Å². The molecule has 0 fully saturated rings. The minimum atomic E-state index is -4.09. The fraction of sp³-hybridized carbons (Fsp3) is 0.625. The third-order valence-electron chi connectivity index (χ3n) is 3.48. The Labute approximate surface area is 125 Å². The third kappa shape index (κ3) is 6.96. The number of alkyl halides is 3. The van der Waals surface area contributed by atoms with Crippen LogP contribution >= 0.6 is 0 Å². The molecule has 5 heteroatoms. The number of rotatable bonds is 8. The Balaban J connectivity index is 2.68. The summed E-state index contributed by atoms with van der Waals surface area (Å²) >= 11 is 0. The van der Waals surface area contributed by atoms with Crippen molar-refractivity contribution in [3.63, 3.8) is 0 Å². The van der Waals surface area contributed by atoms with Crippen LogP contribution in [0.1, 0.15) is 36.9 Å². The zero-order chi connectivity index (χ0) is 15.9. The number of aryl methyl sites for hydroxylation is 1. The standard InChI is InChI=1S/C16H25F3N2/c1-4-10-20-15(14-8-6-5-7-13(14)2)12-21(3)11-9-16(17,18)19/h5-8,15,20H,4,9-12H2,1-3H3. The second-order valence-corrected chi connectivity index (χ2v) is 5.49. The number of benzene rings is 1. The largest absolute Gasteiger partial charge is 0.390 e. The maximum atomic E-state index is 12.3. The van der Waals surface area contributed by atoms with Crippen molar-refractivity contribution in [2.24, 2.45) is 0 Å². The van der Waals surface area contributed by atoms with Crippen LogP contribution in [0.25, 0.3) is 0 Å². The number of hydrogen-bond donors (Lipinski definition) is 1. The number of nitrogens with zero attached hydrogens (tertiary/aromatic N) is 1. The van der Waals surface area contributed by atoms with Gasteiger partial charge < -0.3 is 10.2 Å². The van der Waals surface area contributed by atoms with Crippen molar-refractivity contribution in [1.82, 2.24) is 10.2 Å². The zero-order valence-electron chi connectivity index (χ0n) is 13.0. The molecule has 1 N–H and O–H groups in total. The first-order valence-electron chi connectivity index (χ1n) is 7.37. The van der Waals surface area contributed by atoms with Gasteiger partial charge in [0, 0.05) is 19.1 Å². The van der Waals surface area contributed by atoms with Crippen molar-refractivity contribution in [3.05, 3.63) is 35.4 Å². The monoisotopic (exact) mass is 302 g/mol. The van der Waals surface area contributed by atoms with E-state index in [0.29, 0.717) is 6.54 Å². The van der Waals surface area contributed by atoms with Gasteiger partial charge in [-0.15, -0.1) is 0 Å². The fourth-order valence-electron chi connectivity index (χ4n) is 2.29. The van der Waals surface area contributed by atoms with Crippen molar-refractivity contribution in [1.29, 1.82) is 0 Å². The average Bonchev–Trinajstić information content (AvgIpc) is 2.41. The molecule has 0 amide bonds. The van der Waals surface area contributed by atoms with E-state index in [2.05, 4.69) is 12.2 Å². The van der Waals surface area contributed by atoms with E-state index in [-0.39, 0.29) is 12.6 Å². The highest BCUT2D eigenvalue weighted by atomic mass is 19.4. The lowest BCUT2D eigenvalue weighted by molar-refractivity contribution is -0.137. The second kappa shape index (κ2) is 8.39. The highest BCUT2D eigenvalue weighted by Crippen LogP contribution is 2.21. The molecule has 120 valence electrons. The summed E-state index contributed by atoms with van der Waals surface area (Å²) in [5.41, 5.74) is 2.32. The van der Waals surface area contributed by atoms with Crippen molar-refractivity contribution in [3.8, 4) is 0 Å². The van der Waals surface area contributed by atoms with E-state index < -0.39 is 12.6 Å². The first-order chi connectivity index (χ1) is 9.83. The van der Waals surface area contributed by atoms with E-state index in [0.717, 1.165) is 24.1 Å². The van der Waals surface area contributed by atoms with E-state index in [1.54, 1.807) is 11.9 Å². The molecule has 0 spiro atoms. The summed E-state index contributed by atoms with van der Waals surface area (Å²) in [6, 6.07) is 8.08. The third-order valence-corrected chi connectivity index (χ3v) is 3.48. The molecule has 0 radical (unpaired) electrons. The lowest BCUT2D eigenvalue weighted by Gasteiger charge is -2.27. The molecule has 1 unspecified atom stereocenters. The summed E-state index contributed by atoms with van der Waals surface area (Å²) in [4.78, 5) is 1.74. The Morgan fingerprint density at radius 2 is 1.90 bits per heavy atom. The molecule has 0 saturated carbocycles. The number of hydrogen-bond acceptors (Lipinski definition) is 2.